The molecule has 2 aromatic rings. The van der Waals surface area contributed by atoms with Gasteiger partial charge in [-0.2, -0.15) is 0 Å². The minimum Gasteiger partial charge on any atom is -0.497 e. The Bertz CT molecular complexity index is 798. The van der Waals surface area contributed by atoms with E-state index in [1.165, 1.54) is 7.11 Å². The van der Waals surface area contributed by atoms with Crippen LogP contribution in [-0.2, 0) is 16.1 Å². The Hall–Kier alpha value is -3.02. The van der Waals surface area contributed by atoms with Gasteiger partial charge in [-0.1, -0.05) is 24.3 Å². The summed E-state index contributed by atoms with van der Waals surface area (Å²) < 4.78 is 15.6. The molecule has 142 valence electrons. The number of hydrogen-bond acceptors (Lipinski definition) is 5. The van der Waals surface area contributed by atoms with Crippen molar-refractivity contribution in [2.75, 3.05) is 20.8 Å². The van der Waals surface area contributed by atoms with Crippen LogP contribution in [0, 0.1) is 0 Å². The standard InChI is InChI=1S/C21H23NO5/c1-25-17-11-7-15(8-12-17)13-22(16-9-10-16)20(23)14-27-21(24)18-5-3-4-6-19(18)26-2/h3-8,11-12,16H,9-10,13-14H2,1-2H3. The molecule has 0 radical (unpaired) electrons. The average Bonchev–Trinajstić information content (AvgIpc) is 3.55. The van der Waals surface area contributed by atoms with Crippen LogP contribution < -0.4 is 9.47 Å². The second-order valence-electron chi connectivity index (χ2n) is 6.38. The summed E-state index contributed by atoms with van der Waals surface area (Å²) in [7, 11) is 3.10. The van der Waals surface area contributed by atoms with Gasteiger partial charge in [0.15, 0.2) is 6.61 Å². The summed E-state index contributed by atoms with van der Waals surface area (Å²) in [4.78, 5) is 26.7. The maximum atomic E-state index is 12.6. The Labute approximate surface area is 158 Å². The number of carbonyl (C=O) groups is 2. The fraction of sp³-hybridized carbons (Fsp3) is 0.333. The summed E-state index contributed by atoms with van der Waals surface area (Å²) in [6, 6.07) is 14.6. The molecule has 0 N–H and O–H groups in total. The van der Waals surface area contributed by atoms with E-state index in [0.717, 1.165) is 24.2 Å². The van der Waals surface area contributed by atoms with Crippen LogP contribution in [0.15, 0.2) is 48.5 Å². The third-order valence-electron chi connectivity index (χ3n) is 4.47. The molecule has 0 spiro atoms. The molecule has 2 aromatic carbocycles. The van der Waals surface area contributed by atoms with Crippen molar-refractivity contribution in [2.24, 2.45) is 0 Å². The summed E-state index contributed by atoms with van der Waals surface area (Å²) in [6.07, 6.45) is 1.95. The number of rotatable bonds is 8. The van der Waals surface area contributed by atoms with Crippen LogP contribution >= 0.6 is 0 Å². The topological polar surface area (TPSA) is 65.1 Å². The van der Waals surface area contributed by atoms with Gasteiger partial charge in [-0.25, -0.2) is 4.79 Å². The fourth-order valence-corrected chi connectivity index (χ4v) is 2.84. The molecule has 0 heterocycles. The Morgan fingerprint density at radius 3 is 2.33 bits per heavy atom. The lowest BCUT2D eigenvalue weighted by molar-refractivity contribution is -0.135. The zero-order valence-electron chi connectivity index (χ0n) is 15.5. The first-order valence-electron chi connectivity index (χ1n) is 8.85. The van der Waals surface area contributed by atoms with Crippen molar-refractivity contribution < 1.29 is 23.8 Å². The number of ether oxygens (including phenoxy) is 3. The number of methoxy groups -OCH3 is 2. The highest BCUT2D eigenvalue weighted by atomic mass is 16.5. The molecule has 27 heavy (non-hydrogen) atoms. The summed E-state index contributed by atoms with van der Waals surface area (Å²) in [5, 5.41) is 0. The molecule has 0 atom stereocenters. The van der Waals surface area contributed by atoms with E-state index in [2.05, 4.69) is 0 Å². The van der Waals surface area contributed by atoms with E-state index < -0.39 is 5.97 Å². The molecular weight excluding hydrogens is 346 g/mol. The Kier molecular flexibility index (Phi) is 5.96. The van der Waals surface area contributed by atoms with Crippen molar-refractivity contribution in [3.05, 3.63) is 59.7 Å². The largest absolute Gasteiger partial charge is 0.497 e. The van der Waals surface area contributed by atoms with Gasteiger partial charge in [-0.15, -0.1) is 0 Å². The minimum atomic E-state index is -0.569. The number of hydrogen-bond donors (Lipinski definition) is 0. The Morgan fingerprint density at radius 2 is 1.70 bits per heavy atom. The normalized spacial score (nSPS) is 13.0. The van der Waals surface area contributed by atoms with Crippen LogP contribution in [0.2, 0.25) is 0 Å². The number of para-hydroxylation sites is 1. The van der Waals surface area contributed by atoms with Crippen molar-refractivity contribution in [2.45, 2.75) is 25.4 Å². The molecule has 0 saturated heterocycles. The first kappa shape index (κ1) is 18.8. The highest BCUT2D eigenvalue weighted by Gasteiger charge is 2.33. The number of esters is 1. The SMILES string of the molecule is COc1ccc(CN(C(=O)COC(=O)c2ccccc2OC)C2CC2)cc1. The van der Waals surface area contributed by atoms with Crippen molar-refractivity contribution in [3.63, 3.8) is 0 Å². The van der Waals surface area contributed by atoms with E-state index >= 15 is 0 Å². The number of benzene rings is 2. The molecule has 1 aliphatic rings. The van der Waals surface area contributed by atoms with Crippen molar-refractivity contribution >= 4 is 11.9 Å². The lowest BCUT2D eigenvalue weighted by atomic mass is 10.2. The van der Waals surface area contributed by atoms with Gasteiger partial charge >= 0.3 is 5.97 Å². The van der Waals surface area contributed by atoms with Gasteiger partial charge < -0.3 is 19.1 Å². The van der Waals surface area contributed by atoms with E-state index in [1.807, 2.05) is 24.3 Å². The van der Waals surface area contributed by atoms with Gasteiger partial charge in [0.2, 0.25) is 0 Å². The van der Waals surface area contributed by atoms with E-state index in [9.17, 15) is 9.59 Å². The van der Waals surface area contributed by atoms with Crippen LogP contribution in [0.3, 0.4) is 0 Å². The molecule has 6 heteroatoms. The average molecular weight is 369 g/mol. The summed E-state index contributed by atoms with van der Waals surface area (Å²) in [6.45, 7) is 0.198. The van der Waals surface area contributed by atoms with E-state index in [-0.39, 0.29) is 18.6 Å². The van der Waals surface area contributed by atoms with Crippen LogP contribution in [-0.4, -0.2) is 43.6 Å². The lowest BCUT2D eigenvalue weighted by Gasteiger charge is -2.22. The number of amides is 1. The van der Waals surface area contributed by atoms with E-state index in [4.69, 9.17) is 14.2 Å². The van der Waals surface area contributed by atoms with Crippen molar-refractivity contribution in [1.82, 2.24) is 4.90 Å². The summed E-state index contributed by atoms with van der Waals surface area (Å²) in [5.41, 5.74) is 1.31. The fourth-order valence-electron chi connectivity index (χ4n) is 2.84. The van der Waals surface area contributed by atoms with Crippen LogP contribution in [0.5, 0.6) is 11.5 Å². The van der Waals surface area contributed by atoms with Gasteiger partial charge in [-0.05, 0) is 42.7 Å². The van der Waals surface area contributed by atoms with Crippen LogP contribution in [0.25, 0.3) is 0 Å². The monoisotopic (exact) mass is 369 g/mol. The van der Waals surface area contributed by atoms with Crippen LogP contribution in [0.4, 0.5) is 0 Å². The van der Waals surface area contributed by atoms with Gasteiger partial charge in [0.1, 0.15) is 17.1 Å². The predicted octanol–water partition coefficient (Wildman–Crippen LogP) is 3.05. The van der Waals surface area contributed by atoms with Gasteiger partial charge in [0.05, 0.1) is 14.2 Å². The molecule has 0 unspecified atom stereocenters. The molecule has 1 fully saturated rings. The number of nitrogens with zero attached hydrogens (tertiary/aromatic N) is 1. The quantitative estimate of drug-likeness (QED) is 0.669. The Morgan fingerprint density at radius 1 is 1.00 bits per heavy atom. The molecule has 6 nitrogen and oxygen atoms in total. The summed E-state index contributed by atoms with van der Waals surface area (Å²) >= 11 is 0. The number of carbonyl (C=O) groups excluding carboxylic acids is 2. The van der Waals surface area contributed by atoms with Gasteiger partial charge in [0, 0.05) is 12.6 Å². The molecule has 0 aliphatic heterocycles. The molecule has 1 amide bonds. The van der Waals surface area contributed by atoms with E-state index in [1.54, 1.807) is 36.3 Å². The first-order chi connectivity index (χ1) is 13.1. The third-order valence-corrected chi connectivity index (χ3v) is 4.47. The molecule has 1 saturated carbocycles. The predicted molar refractivity (Wildman–Crippen MR) is 99.8 cm³/mol. The summed E-state index contributed by atoms with van der Waals surface area (Å²) in [5.74, 6) is 0.429. The smallest absolute Gasteiger partial charge is 0.342 e. The molecule has 0 bridgehead atoms. The Balaban J connectivity index is 1.61. The maximum absolute atomic E-state index is 12.6. The molecule has 1 aliphatic carbocycles. The van der Waals surface area contributed by atoms with Gasteiger partial charge in [0.25, 0.3) is 5.91 Å². The highest BCUT2D eigenvalue weighted by molar-refractivity contribution is 5.94. The zero-order chi connectivity index (χ0) is 19.2. The second-order valence-corrected chi connectivity index (χ2v) is 6.38. The molecule has 3 rings (SSSR count). The zero-order valence-corrected chi connectivity index (χ0v) is 15.5. The van der Waals surface area contributed by atoms with Crippen molar-refractivity contribution in [3.8, 4) is 11.5 Å². The third kappa shape index (κ3) is 4.78. The van der Waals surface area contributed by atoms with E-state index in [0.29, 0.717) is 17.9 Å². The van der Waals surface area contributed by atoms with Crippen molar-refractivity contribution in [1.29, 1.82) is 0 Å². The highest BCUT2D eigenvalue weighted by Crippen LogP contribution is 2.29. The van der Waals surface area contributed by atoms with Gasteiger partial charge in [-0.3, -0.25) is 4.79 Å². The van der Waals surface area contributed by atoms with Crippen LogP contribution in [0.1, 0.15) is 28.8 Å². The molecular formula is C21H23NO5. The first-order valence-corrected chi connectivity index (χ1v) is 8.85. The second kappa shape index (κ2) is 8.58. The minimum absolute atomic E-state index is 0.198. The maximum Gasteiger partial charge on any atom is 0.342 e. The molecule has 0 aromatic heterocycles. The lowest BCUT2D eigenvalue weighted by Crippen LogP contribution is -2.36.